The van der Waals surface area contributed by atoms with E-state index >= 15 is 0 Å². The van der Waals surface area contributed by atoms with Gasteiger partial charge in [-0.05, 0) is 12.1 Å². The van der Waals surface area contributed by atoms with E-state index in [1.807, 2.05) is 0 Å². The zero-order chi connectivity index (χ0) is 15.6. The number of carbonyl (C=O) groups excluding carboxylic acids is 1. The Bertz CT molecular complexity index is 718. The highest BCUT2D eigenvalue weighted by Gasteiger charge is 2.18. The van der Waals surface area contributed by atoms with Crippen molar-refractivity contribution in [3.05, 3.63) is 38.8 Å². The number of carbonyl (C=O) groups is 2. The molecule has 0 saturated carbocycles. The van der Waals surface area contributed by atoms with Crippen LogP contribution in [0.3, 0.4) is 0 Å². The predicted molar refractivity (Wildman–Crippen MR) is 82.3 cm³/mol. The minimum absolute atomic E-state index is 0.00164. The topological polar surface area (TPSA) is 105 Å². The number of hydrogen-bond donors (Lipinski definition) is 3. The number of nitrogens with one attached hydrogen (secondary N) is 1. The van der Waals surface area contributed by atoms with Gasteiger partial charge in [-0.1, -0.05) is 23.2 Å². The van der Waals surface area contributed by atoms with Crippen molar-refractivity contribution >= 4 is 57.2 Å². The van der Waals surface area contributed by atoms with Crippen molar-refractivity contribution in [2.75, 3.05) is 11.1 Å². The number of thiazole rings is 1. The Morgan fingerprint density at radius 1 is 1.38 bits per heavy atom. The predicted octanol–water partition coefficient (Wildman–Crippen LogP) is 2.91. The molecule has 0 aliphatic rings. The molecule has 0 fully saturated rings. The van der Waals surface area contributed by atoms with Gasteiger partial charge in [0.15, 0.2) is 5.13 Å². The van der Waals surface area contributed by atoms with Gasteiger partial charge in [0, 0.05) is 10.4 Å². The number of carboxylic acid groups (broad SMARTS) is 1. The zero-order valence-electron chi connectivity index (χ0n) is 10.4. The van der Waals surface area contributed by atoms with E-state index in [4.69, 9.17) is 34.0 Å². The quantitative estimate of drug-likeness (QED) is 0.789. The van der Waals surface area contributed by atoms with Gasteiger partial charge >= 0.3 is 5.97 Å². The lowest BCUT2D eigenvalue weighted by atomic mass is 10.1. The maximum atomic E-state index is 11.9. The summed E-state index contributed by atoms with van der Waals surface area (Å²) in [4.78, 5) is 27.1. The summed E-state index contributed by atoms with van der Waals surface area (Å²) < 4.78 is 0. The third-order valence-electron chi connectivity index (χ3n) is 2.46. The molecule has 1 aromatic carbocycles. The Balaban J connectivity index is 2.22. The van der Waals surface area contributed by atoms with E-state index in [0.29, 0.717) is 10.8 Å². The SMILES string of the molecule is Nc1nc(CC(=O)Nc2c(Cl)cc(Cl)cc2C(=O)O)cs1. The van der Waals surface area contributed by atoms with Gasteiger partial charge in [-0.2, -0.15) is 0 Å². The number of nitrogen functional groups attached to an aromatic ring is 1. The van der Waals surface area contributed by atoms with Crippen LogP contribution in [-0.2, 0) is 11.2 Å². The zero-order valence-corrected chi connectivity index (χ0v) is 12.7. The number of aromatic carboxylic acids is 1. The molecule has 4 N–H and O–H groups in total. The molecule has 1 aromatic heterocycles. The normalized spacial score (nSPS) is 10.4. The van der Waals surface area contributed by atoms with Crippen LogP contribution in [0.15, 0.2) is 17.5 Å². The van der Waals surface area contributed by atoms with E-state index in [9.17, 15) is 9.59 Å². The van der Waals surface area contributed by atoms with Crippen molar-refractivity contribution in [1.29, 1.82) is 0 Å². The van der Waals surface area contributed by atoms with Crippen LogP contribution in [0, 0.1) is 0 Å². The molecule has 2 aromatic rings. The highest BCUT2D eigenvalue weighted by molar-refractivity contribution is 7.13. The van der Waals surface area contributed by atoms with Crippen LogP contribution in [0.4, 0.5) is 10.8 Å². The first kappa shape index (κ1) is 15.6. The van der Waals surface area contributed by atoms with Crippen LogP contribution in [0.25, 0.3) is 0 Å². The molecule has 9 heteroatoms. The summed E-state index contributed by atoms with van der Waals surface area (Å²) in [6, 6.07) is 2.57. The number of rotatable bonds is 4. The number of nitrogens with zero attached hydrogens (tertiary/aromatic N) is 1. The molecule has 0 aliphatic heterocycles. The second-order valence-electron chi connectivity index (χ2n) is 4.02. The van der Waals surface area contributed by atoms with E-state index in [0.717, 1.165) is 0 Å². The Morgan fingerprint density at radius 3 is 2.67 bits per heavy atom. The third-order valence-corrected chi connectivity index (χ3v) is 3.70. The maximum absolute atomic E-state index is 11.9. The minimum atomic E-state index is -1.24. The summed E-state index contributed by atoms with van der Waals surface area (Å²) in [5.41, 5.74) is 5.79. The van der Waals surface area contributed by atoms with Crippen LogP contribution in [0.1, 0.15) is 16.1 Å². The largest absolute Gasteiger partial charge is 0.478 e. The van der Waals surface area contributed by atoms with Crippen LogP contribution in [0.2, 0.25) is 10.0 Å². The third kappa shape index (κ3) is 3.84. The van der Waals surface area contributed by atoms with E-state index in [-0.39, 0.29) is 27.7 Å². The molecule has 0 unspecified atom stereocenters. The molecule has 0 radical (unpaired) electrons. The summed E-state index contributed by atoms with van der Waals surface area (Å²) in [5, 5.41) is 13.8. The molecule has 110 valence electrons. The molecular weight excluding hydrogens is 337 g/mol. The summed E-state index contributed by atoms with van der Waals surface area (Å²) in [7, 11) is 0. The van der Waals surface area contributed by atoms with Gasteiger partial charge in [0.2, 0.25) is 5.91 Å². The first-order valence-electron chi connectivity index (χ1n) is 5.59. The molecule has 0 atom stereocenters. The number of anilines is 2. The molecule has 1 amide bonds. The maximum Gasteiger partial charge on any atom is 0.337 e. The molecular formula is C12H9Cl2N3O3S. The van der Waals surface area contributed by atoms with E-state index in [1.54, 1.807) is 5.38 Å². The smallest absolute Gasteiger partial charge is 0.337 e. The minimum Gasteiger partial charge on any atom is -0.478 e. The van der Waals surface area contributed by atoms with Crippen LogP contribution in [0.5, 0.6) is 0 Å². The van der Waals surface area contributed by atoms with Crippen molar-refractivity contribution in [2.24, 2.45) is 0 Å². The standard InChI is InChI=1S/C12H9Cl2N3O3S/c13-5-1-7(11(19)20)10(8(14)2-5)17-9(18)3-6-4-21-12(15)16-6/h1-2,4H,3H2,(H2,15,16)(H,17,18)(H,19,20). The van der Waals surface area contributed by atoms with Crippen molar-refractivity contribution in [2.45, 2.75) is 6.42 Å². The molecule has 0 aliphatic carbocycles. The monoisotopic (exact) mass is 345 g/mol. The van der Waals surface area contributed by atoms with E-state index in [2.05, 4.69) is 10.3 Å². The number of halogens is 2. The Hall–Kier alpha value is -1.83. The number of aromatic nitrogens is 1. The molecule has 0 bridgehead atoms. The van der Waals surface area contributed by atoms with Gasteiger partial charge < -0.3 is 16.2 Å². The van der Waals surface area contributed by atoms with Crippen LogP contribution >= 0.6 is 34.5 Å². The highest BCUT2D eigenvalue weighted by Crippen LogP contribution is 2.30. The molecule has 6 nitrogen and oxygen atoms in total. The summed E-state index contributed by atoms with van der Waals surface area (Å²) in [6.07, 6.45) is -0.0360. The van der Waals surface area contributed by atoms with Crippen LogP contribution in [-0.4, -0.2) is 22.0 Å². The first-order valence-corrected chi connectivity index (χ1v) is 7.22. The van der Waals surface area contributed by atoms with Gasteiger partial charge in [0.05, 0.1) is 28.4 Å². The fourth-order valence-electron chi connectivity index (χ4n) is 1.62. The van der Waals surface area contributed by atoms with Crippen molar-refractivity contribution in [1.82, 2.24) is 4.98 Å². The average Bonchev–Trinajstić information content (AvgIpc) is 2.77. The molecule has 21 heavy (non-hydrogen) atoms. The fourth-order valence-corrected chi connectivity index (χ4v) is 2.72. The molecule has 1 heterocycles. The van der Waals surface area contributed by atoms with Crippen molar-refractivity contribution < 1.29 is 14.7 Å². The highest BCUT2D eigenvalue weighted by atomic mass is 35.5. The Labute approximate surface area is 133 Å². The number of amides is 1. The lowest BCUT2D eigenvalue weighted by Gasteiger charge is -2.10. The summed E-state index contributed by atoms with van der Waals surface area (Å²) in [6.45, 7) is 0. The Kier molecular flexibility index (Phi) is 4.66. The summed E-state index contributed by atoms with van der Waals surface area (Å²) in [5.74, 6) is -1.69. The lowest BCUT2D eigenvalue weighted by molar-refractivity contribution is -0.115. The van der Waals surface area contributed by atoms with E-state index < -0.39 is 11.9 Å². The number of benzene rings is 1. The van der Waals surface area contributed by atoms with Crippen molar-refractivity contribution in [3.8, 4) is 0 Å². The second kappa shape index (κ2) is 6.30. The van der Waals surface area contributed by atoms with Gasteiger partial charge in [-0.3, -0.25) is 4.79 Å². The van der Waals surface area contributed by atoms with Crippen LogP contribution < -0.4 is 11.1 Å². The van der Waals surface area contributed by atoms with E-state index in [1.165, 1.54) is 23.5 Å². The average molecular weight is 346 g/mol. The fraction of sp³-hybridized carbons (Fsp3) is 0.0833. The molecule has 2 rings (SSSR count). The summed E-state index contributed by atoms with van der Waals surface area (Å²) >= 11 is 12.9. The number of nitrogens with two attached hydrogens (primary N) is 1. The Morgan fingerprint density at radius 2 is 2.10 bits per heavy atom. The lowest BCUT2D eigenvalue weighted by Crippen LogP contribution is -2.17. The first-order chi connectivity index (χ1) is 9.86. The molecule has 0 spiro atoms. The second-order valence-corrected chi connectivity index (χ2v) is 5.75. The van der Waals surface area contributed by atoms with Gasteiger partial charge in [0.25, 0.3) is 0 Å². The van der Waals surface area contributed by atoms with Gasteiger partial charge in [-0.15, -0.1) is 11.3 Å². The molecule has 0 saturated heterocycles. The van der Waals surface area contributed by atoms with Crippen molar-refractivity contribution in [3.63, 3.8) is 0 Å². The number of carboxylic acids is 1. The van der Waals surface area contributed by atoms with Gasteiger partial charge in [-0.25, -0.2) is 9.78 Å². The van der Waals surface area contributed by atoms with Gasteiger partial charge in [0.1, 0.15) is 0 Å². The number of hydrogen-bond acceptors (Lipinski definition) is 5.